The average Bonchev–Trinajstić information content (AvgIpc) is 2.66. The van der Waals surface area contributed by atoms with Crippen molar-refractivity contribution in [3.8, 4) is 0 Å². The third-order valence-corrected chi connectivity index (χ3v) is 5.89. The summed E-state index contributed by atoms with van der Waals surface area (Å²) in [5, 5.41) is 0. The molecular weight excluding hydrogens is 372 g/mol. The Hall–Kier alpha value is -0.120. The van der Waals surface area contributed by atoms with E-state index in [4.69, 9.17) is 14.2 Å². The van der Waals surface area contributed by atoms with Gasteiger partial charge in [0, 0.05) is 5.92 Å². The first-order valence-corrected chi connectivity index (χ1v) is 13.2. The molecule has 0 spiro atoms. The van der Waals surface area contributed by atoms with Crippen molar-refractivity contribution in [2.24, 2.45) is 23.7 Å². The summed E-state index contributed by atoms with van der Waals surface area (Å²) in [5.41, 5.74) is 0. The Morgan fingerprint density at radius 3 is 1.30 bits per heavy atom. The molecule has 0 N–H and O–H groups in total. The zero-order valence-electron chi connectivity index (χ0n) is 21.9. The highest BCUT2D eigenvalue weighted by atomic mass is 16.9. The van der Waals surface area contributed by atoms with Crippen LogP contribution in [0.25, 0.3) is 0 Å². The first-order valence-electron chi connectivity index (χ1n) is 13.2. The summed E-state index contributed by atoms with van der Waals surface area (Å²) in [5.74, 6) is 1.26. The van der Waals surface area contributed by atoms with Crippen LogP contribution in [0.5, 0.6) is 0 Å². The third-order valence-electron chi connectivity index (χ3n) is 5.89. The van der Waals surface area contributed by atoms with Crippen molar-refractivity contribution >= 4 is 0 Å². The van der Waals surface area contributed by atoms with Gasteiger partial charge >= 0.3 is 0 Å². The van der Waals surface area contributed by atoms with E-state index in [-0.39, 0.29) is 5.92 Å². The van der Waals surface area contributed by atoms with E-state index in [9.17, 15) is 0 Å². The van der Waals surface area contributed by atoms with Gasteiger partial charge in [0.2, 0.25) is 0 Å². The number of hydrogen-bond acceptors (Lipinski definition) is 3. The Kier molecular flexibility index (Phi) is 18.4. The second kappa shape index (κ2) is 18.5. The predicted octanol–water partition coefficient (Wildman–Crippen LogP) is 8.61. The van der Waals surface area contributed by atoms with Crippen LogP contribution in [0.15, 0.2) is 0 Å². The molecule has 3 nitrogen and oxygen atoms in total. The molecule has 30 heavy (non-hydrogen) atoms. The molecule has 1 atom stereocenters. The highest BCUT2D eigenvalue weighted by molar-refractivity contribution is 4.73. The van der Waals surface area contributed by atoms with E-state index in [1.54, 1.807) is 0 Å². The van der Waals surface area contributed by atoms with Crippen LogP contribution in [0.4, 0.5) is 0 Å². The Morgan fingerprint density at radius 2 is 0.933 bits per heavy atom. The van der Waals surface area contributed by atoms with Gasteiger partial charge in [-0.25, -0.2) is 0 Å². The molecule has 0 radical (unpaired) electrons. The molecule has 182 valence electrons. The normalized spacial score (nSPS) is 13.7. The van der Waals surface area contributed by atoms with Gasteiger partial charge in [0.15, 0.2) is 0 Å². The van der Waals surface area contributed by atoms with Crippen molar-refractivity contribution in [2.75, 3.05) is 19.8 Å². The fraction of sp³-hybridized carbons (Fsp3) is 1.00. The van der Waals surface area contributed by atoms with Crippen LogP contribution in [-0.4, -0.2) is 25.8 Å². The minimum atomic E-state index is -0.878. The lowest BCUT2D eigenvalue weighted by atomic mass is 9.94. The van der Waals surface area contributed by atoms with Crippen LogP contribution in [0.1, 0.15) is 126 Å². The van der Waals surface area contributed by atoms with Crippen LogP contribution in [-0.2, 0) is 14.2 Å². The quantitative estimate of drug-likeness (QED) is 0.135. The molecule has 0 bridgehead atoms. The van der Waals surface area contributed by atoms with Gasteiger partial charge in [0.1, 0.15) is 0 Å². The molecule has 1 unspecified atom stereocenters. The van der Waals surface area contributed by atoms with Crippen molar-refractivity contribution < 1.29 is 14.2 Å². The maximum absolute atomic E-state index is 6.51. The van der Waals surface area contributed by atoms with Gasteiger partial charge < -0.3 is 14.2 Å². The lowest BCUT2D eigenvalue weighted by Gasteiger charge is -2.40. The molecule has 0 rings (SSSR count). The summed E-state index contributed by atoms with van der Waals surface area (Å²) in [6, 6.07) is 0. The monoisotopic (exact) mass is 428 g/mol. The van der Waals surface area contributed by atoms with Crippen LogP contribution in [0.3, 0.4) is 0 Å². The van der Waals surface area contributed by atoms with Gasteiger partial charge in [-0.05, 0) is 49.9 Å². The summed E-state index contributed by atoms with van der Waals surface area (Å²) < 4.78 is 19.5. The van der Waals surface area contributed by atoms with Gasteiger partial charge in [0.05, 0.1) is 19.8 Å². The second-order valence-electron chi connectivity index (χ2n) is 10.4. The van der Waals surface area contributed by atoms with Gasteiger partial charge in [-0.15, -0.1) is 0 Å². The molecule has 0 aromatic heterocycles. The fourth-order valence-corrected chi connectivity index (χ4v) is 3.59. The SMILES string of the molecule is CCCCCCCCC(CC)C(OCCC(C)C)(OCCC(C)C)OCCC(C)C. The number of rotatable bonds is 21. The van der Waals surface area contributed by atoms with E-state index >= 15 is 0 Å². The second-order valence-corrected chi connectivity index (χ2v) is 10.4. The smallest absolute Gasteiger partial charge is 0.285 e. The predicted molar refractivity (Wildman–Crippen MR) is 131 cm³/mol. The summed E-state index contributed by atoms with van der Waals surface area (Å²) in [7, 11) is 0. The standard InChI is InChI=1S/C27H56O3/c1-9-11-12-13-14-15-16-26(10-2)27(28-20-17-23(3)4,29-21-18-24(5)6)30-22-19-25(7)8/h23-26H,9-22H2,1-8H3. The molecule has 0 aliphatic heterocycles. The van der Waals surface area contributed by atoms with Gasteiger partial charge in [-0.3, -0.25) is 0 Å². The minimum Gasteiger partial charge on any atom is -0.327 e. The summed E-state index contributed by atoms with van der Waals surface area (Å²) >= 11 is 0. The van der Waals surface area contributed by atoms with Crippen LogP contribution in [0, 0.1) is 23.7 Å². The van der Waals surface area contributed by atoms with Gasteiger partial charge in [-0.1, -0.05) is 93.9 Å². The minimum absolute atomic E-state index is 0.287. The zero-order valence-corrected chi connectivity index (χ0v) is 21.9. The van der Waals surface area contributed by atoms with E-state index in [2.05, 4.69) is 55.4 Å². The average molecular weight is 429 g/mol. The Balaban J connectivity index is 5.19. The summed E-state index contributed by atoms with van der Waals surface area (Å²) in [6.45, 7) is 20.1. The maximum Gasteiger partial charge on any atom is 0.285 e. The molecule has 0 saturated heterocycles. The Labute approximate surface area is 190 Å². The van der Waals surface area contributed by atoms with Crippen molar-refractivity contribution in [1.29, 1.82) is 0 Å². The van der Waals surface area contributed by atoms with E-state index in [1.165, 1.54) is 38.5 Å². The maximum atomic E-state index is 6.51. The number of unbranched alkanes of at least 4 members (excludes halogenated alkanes) is 5. The highest BCUT2D eigenvalue weighted by Gasteiger charge is 2.41. The summed E-state index contributed by atoms with van der Waals surface area (Å²) in [4.78, 5) is 0. The molecule has 0 aliphatic rings. The number of hydrogen-bond donors (Lipinski definition) is 0. The topological polar surface area (TPSA) is 27.7 Å². The molecule has 0 fully saturated rings. The lowest BCUT2D eigenvalue weighted by Crippen LogP contribution is -2.47. The van der Waals surface area contributed by atoms with Crippen molar-refractivity contribution in [1.82, 2.24) is 0 Å². The lowest BCUT2D eigenvalue weighted by molar-refractivity contribution is -0.407. The zero-order chi connectivity index (χ0) is 22.8. The molecule has 0 aromatic rings. The Morgan fingerprint density at radius 1 is 0.533 bits per heavy atom. The molecule has 0 aromatic carbocycles. The first-order chi connectivity index (χ1) is 14.3. The largest absolute Gasteiger partial charge is 0.327 e. The summed E-state index contributed by atoms with van der Waals surface area (Å²) in [6.07, 6.45) is 13.2. The number of ether oxygens (including phenoxy) is 3. The van der Waals surface area contributed by atoms with Gasteiger partial charge in [-0.2, -0.15) is 0 Å². The van der Waals surface area contributed by atoms with Crippen LogP contribution >= 0.6 is 0 Å². The highest BCUT2D eigenvalue weighted by Crippen LogP contribution is 2.34. The van der Waals surface area contributed by atoms with Crippen molar-refractivity contribution in [2.45, 2.75) is 132 Å². The van der Waals surface area contributed by atoms with Crippen LogP contribution in [0.2, 0.25) is 0 Å². The third kappa shape index (κ3) is 14.8. The molecule has 0 heterocycles. The van der Waals surface area contributed by atoms with E-state index in [1.807, 2.05) is 0 Å². The van der Waals surface area contributed by atoms with Crippen molar-refractivity contribution in [3.63, 3.8) is 0 Å². The first kappa shape index (κ1) is 29.9. The Bertz CT molecular complexity index is 329. The van der Waals surface area contributed by atoms with Gasteiger partial charge in [0.25, 0.3) is 5.97 Å². The molecule has 0 aliphatic carbocycles. The fourth-order valence-electron chi connectivity index (χ4n) is 3.59. The van der Waals surface area contributed by atoms with E-state index in [0.717, 1.165) is 32.1 Å². The van der Waals surface area contributed by atoms with Crippen LogP contribution < -0.4 is 0 Å². The molecule has 3 heteroatoms. The van der Waals surface area contributed by atoms with E-state index in [0.29, 0.717) is 37.6 Å². The van der Waals surface area contributed by atoms with Crippen molar-refractivity contribution in [3.05, 3.63) is 0 Å². The van der Waals surface area contributed by atoms with E-state index < -0.39 is 5.97 Å². The molecule has 0 amide bonds. The molecular formula is C27H56O3. The molecule has 0 saturated carbocycles.